The van der Waals surface area contributed by atoms with Gasteiger partial charge in [-0.2, -0.15) is 0 Å². The molecule has 1 aromatic carbocycles. The Morgan fingerprint density at radius 1 is 1.36 bits per heavy atom. The van der Waals surface area contributed by atoms with Crippen molar-refractivity contribution in [2.45, 2.75) is 13.0 Å². The second kappa shape index (κ2) is 5.96. The largest absolute Gasteiger partial charge is 0.496 e. The quantitative estimate of drug-likeness (QED) is 0.814. The lowest BCUT2D eigenvalue weighted by Gasteiger charge is -2.38. The summed E-state index contributed by atoms with van der Waals surface area (Å²) >= 11 is 3.21. The number of rotatable bonds is 2. The number of hydrogen-bond acceptors (Lipinski definition) is 5. The summed E-state index contributed by atoms with van der Waals surface area (Å²) in [6.45, 7) is 4.79. The molecule has 5 nitrogen and oxygen atoms in total. The highest BCUT2D eigenvalue weighted by Gasteiger charge is 2.25. The minimum atomic E-state index is -0.387. The van der Waals surface area contributed by atoms with Crippen LogP contribution in [-0.4, -0.2) is 54.7 Å². The Morgan fingerprint density at radius 2 is 2.14 bits per heavy atom. The molecular weight excluding hydrogens is 351 g/mol. The fourth-order valence-corrected chi connectivity index (χ4v) is 3.17. The molecule has 0 N–H and O–H groups in total. The average molecular weight is 369 g/mol. The van der Waals surface area contributed by atoms with Crippen molar-refractivity contribution in [3.8, 4) is 5.75 Å². The van der Waals surface area contributed by atoms with Crippen LogP contribution in [0.1, 0.15) is 6.92 Å². The van der Waals surface area contributed by atoms with Gasteiger partial charge in [-0.3, -0.25) is 0 Å². The Bertz CT molecular complexity index is 711. The molecule has 2 heterocycles. The number of ether oxygens (including phenoxy) is 1. The van der Waals surface area contributed by atoms with E-state index in [4.69, 9.17) is 4.74 Å². The van der Waals surface area contributed by atoms with Gasteiger partial charge in [0, 0.05) is 25.7 Å². The number of hydrogen-bond donors (Lipinski definition) is 0. The van der Waals surface area contributed by atoms with Crippen LogP contribution in [0.4, 0.5) is 10.2 Å². The number of methoxy groups -OCH3 is 1. The minimum Gasteiger partial charge on any atom is -0.496 e. The van der Waals surface area contributed by atoms with E-state index >= 15 is 0 Å². The lowest BCUT2D eigenvalue weighted by Crippen LogP contribution is -2.50. The van der Waals surface area contributed by atoms with Crippen LogP contribution in [0.2, 0.25) is 0 Å². The predicted octanol–water partition coefficient (Wildman–Crippen LogP) is 2.68. The van der Waals surface area contributed by atoms with Gasteiger partial charge in [0.05, 0.1) is 17.0 Å². The van der Waals surface area contributed by atoms with Gasteiger partial charge in [0.25, 0.3) is 0 Å². The highest BCUT2D eigenvalue weighted by Crippen LogP contribution is 2.37. The highest BCUT2D eigenvalue weighted by atomic mass is 79.9. The molecule has 118 valence electrons. The SMILES string of the molecule is COc1cc(Br)c(F)c2ncnc(N3CCN(C)C(C)C3)c12. The minimum absolute atomic E-state index is 0.280. The first-order valence-electron chi connectivity index (χ1n) is 7.14. The monoisotopic (exact) mass is 368 g/mol. The zero-order valence-electron chi connectivity index (χ0n) is 12.8. The maximum atomic E-state index is 14.4. The van der Waals surface area contributed by atoms with Crippen LogP contribution in [0.25, 0.3) is 10.9 Å². The molecule has 2 aromatic rings. The Hall–Kier alpha value is -1.47. The molecule has 1 fully saturated rings. The number of piperazine rings is 1. The van der Waals surface area contributed by atoms with E-state index in [2.05, 4.69) is 49.7 Å². The standard InChI is InChI=1S/C15H18BrFN4O/c1-9-7-21(5-4-20(9)2)15-12-11(22-3)6-10(16)13(17)14(12)18-8-19-15/h6,8-9H,4-5,7H2,1-3H3. The summed E-state index contributed by atoms with van der Waals surface area (Å²) in [5.41, 5.74) is 0.280. The number of fused-ring (bicyclic) bond motifs is 1. The van der Waals surface area contributed by atoms with E-state index in [9.17, 15) is 4.39 Å². The number of likely N-dealkylation sites (N-methyl/N-ethyl adjacent to an activating group) is 1. The molecule has 0 saturated carbocycles. The van der Waals surface area contributed by atoms with Crippen molar-refractivity contribution in [1.29, 1.82) is 0 Å². The first-order chi connectivity index (χ1) is 10.5. The second-order valence-corrected chi connectivity index (χ2v) is 6.43. The molecule has 0 radical (unpaired) electrons. The van der Waals surface area contributed by atoms with Crippen LogP contribution < -0.4 is 9.64 Å². The van der Waals surface area contributed by atoms with E-state index in [1.165, 1.54) is 6.33 Å². The lowest BCUT2D eigenvalue weighted by atomic mass is 10.1. The van der Waals surface area contributed by atoms with E-state index in [1.807, 2.05) is 0 Å². The fourth-order valence-electron chi connectivity index (χ4n) is 2.77. The van der Waals surface area contributed by atoms with E-state index in [1.54, 1.807) is 13.2 Å². The smallest absolute Gasteiger partial charge is 0.164 e. The van der Waals surface area contributed by atoms with Crippen LogP contribution in [0, 0.1) is 5.82 Å². The number of anilines is 1. The van der Waals surface area contributed by atoms with Crippen LogP contribution >= 0.6 is 15.9 Å². The van der Waals surface area contributed by atoms with E-state index in [-0.39, 0.29) is 11.3 Å². The second-order valence-electron chi connectivity index (χ2n) is 5.57. The van der Waals surface area contributed by atoms with Gasteiger partial charge < -0.3 is 14.5 Å². The van der Waals surface area contributed by atoms with Gasteiger partial charge in [-0.1, -0.05) is 0 Å². The van der Waals surface area contributed by atoms with Crippen molar-refractivity contribution in [2.75, 3.05) is 38.7 Å². The van der Waals surface area contributed by atoms with Crippen LogP contribution in [-0.2, 0) is 0 Å². The molecule has 1 aliphatic heterocycles. The van der Waals surface area contributed by atoms with E-state index < -0.39 is 0 Å². The van der Waals surface area contributed by atoms with Crippen molar-refractivity contribution >= 4 is 32.7 Å². The van der Waals surface area contributed by atoms with Crippen molar-refractivity contribution in [1.82, 2.24) is 14.9 Å². The Balaban J connectivity index is 2.16. The molecular formula is C15H18BrFN4O. The van der Waals surface area contributed by atoms with E-state index in [0.717, 1.165) is 25.5 Å². The summed E-state index contributed by atoms with van der Waals surface area (Å²) in [6.07, 6.45) is 1.41. The van der Waals surface area contributed by atoms with Gasteiger partial charge in [-0.15, -0.1) is 0 Å². The third kappa shape index (κ3) is 2.52. The summed E-state index contributed by atoms with van der Waals surface area (Å²) in [5, 5.41) is 0.627. The number of benzene rings is 1. The van der Waals surface area contributed by atoms with Gasteiger partial charge in [-0.25, -0.2) is 14.4 Å². The van der Waals surface area contributed by atoms with Crippen molar-refractivity contribution in [2.24, 2.45) is 0 Å². The van der Waals surface area contributed by atoms with Crippen molar-refractivity contribution in [3.05, 3.63) is 22.7 Å². The summed E-state index contributed by atoms with van der Waals surface area (Å²) in [6, 6.07) is 2.04. The van der Waals surface area contributed by atoms with Crippen LogP contribution in [0.3, 0.4) is 0 Å². The van der Waals surface area contributed by atoms with Gasteiger partial charge in [0.15, 0.2) is 5.82 Å². The Kier molecular flexibility index (Phi) is 4.18. The van der Waals surface area contributed by atoms with Crippen LogP contribution in [0.15, 0.2) is 16.9 Å². The summed E-state index contributed by atoms with van der Waals surface area (Å²) in [5.74, 6) is 0.917. The fraction of sp³-hybridized carbons (Fsp3) is 0.467. The number of halogens is 2. The molecule has 0 amide bonds. The normalized spacial score (nSPS) is 19.7. The predicted molar refractivity (Wildman–Crippen MR) is 88.1 cm³/mol. The first kappa shape index (κ1) is 15.4. The van der Waals surface area contributed by atoms with Crippen LogP contribution in [0.5, 0.6) is 5.75 Å². The highest BCUT2D eigenvalue weighted by molar-refractivity contribution is 9.10. The molecule has 0 bridgehead atoms. The van der Waals surface area contributed by atoms with E-state index in [0.29, 0.717) is 21.7 Å². The molecule has 1 atom stereocenters. The van der Waals surface area contributed by atoms with Crippen molar-refractivity contribution in [3.63, 3.8) is 0 Å². The van der Waals surface area contributed by atoms with Gasteiger partial charge in [0.2, 0.25) is 0 Å². The topological polar surface area (TPSA) is 41.5 Å². The van der Waals surface area contributed by atoms with Crippen molar-refractivity contribution < 1.29 is 9.13 Å². The summed E-state index contributed by atoms with van der Waals surface area (Å²) in [4.78, 5) is 13.0. The zero-order chi connectivity index (χ0) is 15.9. The third-order valence-corrected chi connectivity index (χ3v) is 4.81. The van der Waals surface area contributed by atoms with Gasteiger partial charge in [0.1, 0.15) is 23.4 Å². The molecule has 0 spiro atoms. The number of aromatic nitrogens is 2. The number of nitrogens with zero attached hydrogens (tertiary/aromatic N) is 4. The maximum Gasteiger partial charge on any atom is 0.164 e. The molecule has 0 aliphatic carbocycles. The molecule has 22 heavy (non-hydrogen) atoms. The molecule has 3 rings (SSSR count). The third-order valence-electron chi connectivity index (χ3n) is 4.23. The first-order valence-corrected chi connectivity index (χ1v) is 7.94. The molecule has 1 aromatic heterocycles. The summed E-state index contributed by atoms with van der Waals surface area (Å²) in [7, 11) is 3.68. The van der Waals surface area contributed by atoms with Gasteiger partial charge in [-0.05, 0) is 36.0 Å². The average Bonchev–Trinajstić information content (AvgIpc) is 2.53. The molecule has 7 heteroatoms. The van der Waals surface area contributed by atoms with Gasteiger partial charge >= 0.3 is 0 Å². The lowest BCUT2D eigenvalue weighted by molar-refractivity contribution is 0.233. The molecule has 1 unspecified atom stereocenters. The molecule has 1 aliphatic rings. The Labute approximate surface area is 137 Å². The maximum absolute atomic E-state index is 14.4. The zero-order valence-corrected chi connectivity index (χ0v) is 14.4. The Morgan fingerprint density at radius 3 is 2.82 bits per heavy atom. The molecule has 1 saturated heterocycles. The summed E-state index contributed by atoms with van der Waals surface area (Å²) < 4.78 is 20.2.